The molecule has 0 spiro atoms. The van der Waals surface area contributed by atoms with Crippen molar-refractivity contribution < 1.29 is 19.1 Å². The minimum Gasteiger partial charge on any atom is -0.493 e. The van der Waals surface area contributed by atoms with Gasteiger partial charge in [0, 0.05) is 11.8 Å². The third kappa shape index (κ3) is 4.15. The van der Waals surface area contributed by atoms with Crippen molar-refractivity contribution in [1.82, 2.24) is 0 Å². The molecule has 2 atom stereocenters. The molecule has 22 heavy (non-hydrogen) atoms. The van der Waals surface area contributed by atoms with E-state index in [-0.39, 0.29) is 0 Å². The number of nitrogens with zero attached hydrogens (tertiary/aromatic N) is 1. The normalized spacial score (nSPS) is 12.7. The van der Waals surface area contributed by atoms with Crippen molar-refractivity contribution in [2.24, 2.45) is 5.92 Å². The number of thioether (sulfide) groups is 1. The van der Waals surface area contributed by atoms with Crippen LogP contribution in [-0.4, -0.2) is 37.4 Å². The first-order valence-electron chi connectivity index (χ1n) is 6.47. The number of ketones is 1. The van der Waals surface area contributed by atoms with Crippen LogP contribution >= 0.6 is 11.8 Å². The number of rotatable bonds is 7. The Balaban J connectivity index is 2.92. The Kier molecular flexibility index (Phi) is 6.73. The number of hydrogen-bond donors (Lipinski definition) is 1. The first-order valence-corrected chi connectivity index (χ1v) is 7.76. The van der Waals surface area contributed by atoms with Crippen molar-refractivity contribution in [1.29, 1.82) is 5.26 Å². The molecule has 1 aromatic rings. The van der Waals surface area contributed by atoms with Gasteiger partial charge in [0.2, 0.25) is 5.91 Å². The van der Waals surface area contributed by atoms with Crippen LogP contribution in [0.1, 0.15) is 6.92 Å². The van der Waals surface area contributed by atoms with E-state index in [2.05, 4.69) is 5.32 Å². The lowest BCUT2D eigenvalue weighted by atomic mass is 10.0. The lowest BCUT2D eigenvalue weighted by Gasteiger charge is -2.14. The van der Waals surface area contributed by atoms with Crippen molar-refractivity contribution in [2.75, 3.05) is 25.8 Å². The molecule has 0 aliphatic heterocycles. The highest BCUT2D eigenvalue weighted by molar-refractivity contribution is 7.99. The number of methoxy groups -OCH3 is 2. The summed E-state index contributed by atoms with van der Waals surface area (Å²) < 4.78 is 10.2. The summed E-state index contributed by atoms with van der Waals surface area (Å²) in [5, 5.41) is 11.2. The van der Waals surface area contributed by atoms with E-state index in [1.165, 1.54) is 26.0 Å². The molecule has 118 valence electrons. The molecule has 0 radical (unpaired) electrons. The third-order valence-corrected chi connectivity index (χ3v) is 4.02. The van der Waals surface area contributed by atoms with Crippen LogP contribution < -0.4 is 14.8 Å². The van der Waals surface area contributed by atoms with E-state index in [9.17, 15) is 9.59 Å². The lowest BCUT2D eigenvalue weighted by molar-refractivity contribution is -0.128. The van der Waals surface area contributed by atoms with Gasteiger partial charge in [-0.2, -0.15) is 17.0 Å². The van der Waals surface area contributed by atoms with E-state index in [1.807, 2.05) is 0 Å². The summed E-state index contributed by atoms with van der Waals surface area (Å²) in [6.45, 7) is 1.67. The maximum absolute atomic E-state index is 12.1. The van der Waals surface area contributed by atoms with Crippen molar-refractivity contribution in [3.63, 3.8) is 0 Å². The van der Waals surface area contributed by atoms with Crippen LogP contribution in [0.15, 0.2) is 18.2 Å². The number of ether oxygens (including phenoxy) is 2. The number of benzene rings is 1. The Morgan fingerprint density at radius 3 is 2.41 bits per heavy atom. The number of nitriles is 1. The molecule has 6 nitrogen and oxygen atoms in total. The number of nitrogens with one attached hydrogen (secondary N) is 1. The number of anilines is 1. The van der Waals surface area contributed by atoms with Crippen LogP contribution in [0.3, 0.4) is 0 Å². The lowest BCUT2D eigenvalue weighted by Crippen LogP contribution is -2.33. The summed E-state index contributed by atoms with van der Waals surface area (Å²) in [5.74, 6) is -1.44. The summed E-state index contributed by atoms with van der Waals surface area (Å²) in [4.78, 5) is 24.1. The molecule has 0 bridgehead atoms. The zero-order valence-corrected chi connectivity index (χ0v) is 13.7. The third-order valence-electron chi connectivity index (χ3n) is 3.08. The minimum atomic E-state index is -1.34. The highest BCUT2D eigenvalue weighted by Crippen LogP contribution is 2.30. The smallest absolute Gasteiger partial charge is 0.249 e. The predicted octanol–water partition coefficient (Wildman–Crippen LogP) is 2.10. The molecule has 0 saturated heterocycles. The number of Topliss-reactive ketones (excluding diaryl/α,β-unsaturated/α-hetero) is 1. The molecule has 1 rings (SSSR count). The average Bonchev–Trinajstić information content (AvgIpc) is 2.54. The van der Waals surface area contributed by atoms with Crippen molar-refractivity contribution in [3.05, 3.63) is 18.2 Å². The molecule has 1 aromatic carbocycles. The Labute approximate surface area is 133 Å². The summed E-state index contributed by atoms with van der Waals surface area (Å²) in [6.07, 6.45) is 1.75. The van der Waals surface area contributed by atoms with Gasteiger partial charge in [-0.1, -0.05) is 0 Å². The Bertz CT molecular complexity index is 598. The van der Waals surface area contributed by atoms with Gasteiger partial charge in [-0.15, -0.1) is 0 Å². The molecule has 7 heteroatoms. The maximum atomic E-state index is 12.1. The highest BCUT2D eigenvalue weighted by Gasteiger charge is 2.30. The molecule has 0 aromatic heterocycles. The van der Waals surface area contributed by atoms with Crippen LogP contribution in [0.4, 0.5) is 5.69 Å². The Morgan fingerprint density at radius 2 is 1.91 bits per heavy atom. The molecule has 1 amide bonds. The van der Waals surface area contributed by atoms with E-state index in [1.54, 1.807) is 37.4 Å². The first kappa shape index (κ1) is 17.9. The average molecular weight is 322 g/mol. The fourth-order valence-electron chi connectivity index (χ4n) is 1.73. The topological polar surface area (TPSA) is 88.4 Å². The van der Waals surface area contributed by atoms with Crippen LogP contribution in [0, 0.1) is 17.2 Å². The number of carbonyl (C=O) groups is 2. The van der Waals surface area contributed by atoms with Gasteiger partial charge in [-0.3, -0.25) is 9.59 Å². The second-order valence-electron chi connectivity index (χ2n) is 4.40. The van der Waals surface area contributed by atoms with Crippen LogP contribution in [0.25, 0.3) is 0 Å². The zero-order chi connectivity index (χ0) is 16.7. The van der Waals surface area contributed by atoms with Crippen molar-refractivity contribution >= 4 is 29.1 Å². The molecule has 0 heterocycles. The fourth-order valence-corrected chi connectivity index (χ4v) is 2.10. The Morgan fingerprint density at radius 1 is 1.27 bits per heavy atom. The summed E-state index contributed by atoms with van der Waals surface area (Å²) in [5.41, 5.74) is 0.424. The van der Waals surface area contributed by atoms with Gasteiger partial charge in [-0.05, 0) is 25.3 Å². The maximum Gasteiger partial charge on any atom is 0.249 e. The van der Waals surface area contributed by atoms with Gasteiger partial charge >= 0.3 is 0 Å². The summed E-state index contributed by atoms with van der Waals surface area (Å²) in [6, 6.07) is 6.55. The fraction of sp³-hybridized carbons (Fsp3) is 0.400. The predicted molar refractivity (Wildman–Crippen MR) is 85.3 cm³/mol. The van der Waals surface area contributed by atoms with Crippen molar-refractivity contribution in [2.45, 2.75) is 12.2 Å². The molecule has 0 unspecified atom stereocenters. The number of carbonyl (C=O) groups excluding carboxylic acids is 2. The highest BCUT2D eigenvalue weighted by atomic mass is 32.2. The zero-order valence-electron chi connectivity index (χ0n) is 12.9. The van der Waals surface area contributed by atoms with Gasteiger partial charge in [0.1, 0.15) is 0 Å². The molecular weight excluding hydrogens is 304 g/mol. The Hall–Kier alpha value is -2.20. The van der Waals surface area contributed by atoms with Gasteiger partial charge in [0.15, 0.2) is 23.2 Å². The first-order chi connectivity index (χ1) is 10.5. The van der Waals surface area contributed by atoms with E-state index in [0.29, 0.717) is 17.2 Å². The SMILES string of the molecule is COc1ccc(NC(=O)[C@H](C#N)C(=O)[C@H](C)SC)cc1OC. The standard InChI is InChI=1S/C15H18N2O4S/c1-9(22-4)14(18)11(8-16)15(19)17-10-5-6-12(20-2)13(7-10)21-3/h5-7,9,11H,1-4H3,(H,17,19)/t9-,11+/m0/s1. The monoisotopic (exact) mass is 322 g/mol. The number of amides is 1. The van der Waals surface area contributed by atoms with E-state index >= 15 is 0 Å². The molecule has 0 saturated carbocycles. The quantitative estimate of drug-likeness (QED) is 0.773. The van der Waals surface area contributed by atoms with Gasteiger partial charge in [0.25, 0.3) is 0 Å². The number of hydrogen-bond acceptors (Lipinski definition) is 6. The molecule has 0 aliphatic rings. The molecular formula is C15H18N2O4S. The molecule has 1 N–H and O–H groups in total. The van der Waals surface area contributed by atoms with Gasteiger partial charge in [-0.25, -0.2) is 0 Å². The summed E-state index contributed by atoms with van der Waals surface area (Å²) >= 11 is 1.29. The second-order valence-corrected chi connectivity index (χ2v) is 5.58. The molecule has 0 aliphatic carbocycles. The summed E-state index contributed by atoms with van der Waals surface area (Å²) in [7, 11) is 2.98. The van der Waals surface area contributed by atoms with Crippen molar-refractivity contribution in [3.8, 4) is 17.6 Å². The van der Waals surface area contributed by atoms with E-state index < -0.39 is 22.9 Å². The van der Waals surface area contributed by atoms with E-state index in [4.69, 9.17) is 14.7 Å². The van der Waals surface area contributed by atoms with Crippen LogP contribution in [0.2, 0.25) is 0 Å². The van der Waals surface area contributed by atoms with Crippen LogP contribution in [0.5, 0.6) is 11.5 Å². The largest absolute Gasteiger partial charge is 0.493 e. The van der Waals surface area contributed by atoms with Gasteiger partial charge < -0.3 is 14.8 Å². The minimum absolute atomic E-state index is 0.409. The van der Waals surface area contributed by atoms with E-state index in [0.717, 1.165) is 0 Å². The van der Waals surface area contributed by atoms with Gasteiger partial charge in [0.05, 0.1) is 25.5 Å². The van der Waals surface area contributed by atoms with Crippen LogP contribution in [-0.2, 0) is 9.59 Å². The second kappa shape index (κ2) is 8.29. The molecule has 0 fully saturated rings.